The van der Waals surface area contributed by atoms with E-state index in [1.54, 1.807) is 6.07 Å². The number of para-hydroxylation sites is 3. The number of nitrogens with zero attached hydrogens (tertiary/aromatic N) is 6. The third-order valence-electron chi connectivity index (χ3n) is 13.4. The topological polar surface area (TPSA) is 61.4 Å². The van der Waals surface area contributed by atoms with E-state index in [9.17, 15) is 0 Å². The summed E-state index contributed by atoms with van der Waals surface area (Å²) in [5.41, 5.74) is 9.43. The van der Waals surface area contributed by atoms with E-state index in [0.717, 1.165) is 66.0 Å². The molecular weight excluding hydrogens is 898 g/mol. The zero-order chi connectivity index (χ0) is 48.3. The smallest absolute Gasteiger partial charge is 0.309 e. The van der Waals surface area contributed by atoms with Gasteiger partial charge in [-0.3, -0.25) is 0 Å². The second-order valence-electron chi connectivity index (χ2n) is 17.7. The van der Waals surface area contributed by atoms with Gasteiger partial charge in [0.1, 0.15) is 0 Å². The van der Waals surface area contributed by atoms with Crippen LogP contribution in [0.15, 0.2) is 237 Å². The Hall–Kier alpha value is -9.47. The van der Waals surface area contributed by atoms with E-state index in [-0.39, 0.29) is 22.6 Å². The SMILES string of the molecule is FC(F)(F)c1cc(-c2cc(-c3ccccc3)nc(-c3ccccc3)n2)c(-n2c3ccccc3c3ccc(-n4c5ccccc5c5ccccc54)cc32)c(-c2nc(-c3ccccc3)cc(-c3ccccc3)n2)c1. The highest BCUT2D eigenvalue weighted by Crippen LogP contribution is 2.46. The van der Waals surface area contributed by atoms with Crippen LogP contribution in [-0.4, -0.2) is 29.1 Å². The molecule has 0 radical (unpaired) electrons. The van der Waals surface area contributed by atoms with E-state index in [1.165, 1.54) is 12.1 Å². The van der Waals surface area contributed by atoms with Crippen LogP contribution in [0.2, 0.25) is 0 Å². The average molecular weight is 937 g/mol. The Labute approximate surface area is 411 Å². The molecule has 6 nitrogen and oxygen atoms in total. The molecule has 0 aliphatic heterocycles. The predicted molar refractivity (Wildman–Crippen MR) is 284 cm³/mol. The molecule has 0 spiro atoms. The van der Waals surface area contributed by atoms with Crippen LogP contribution in [0.25, 0.3) is 123 Å². The molecule has 0 amide bonds. The number of hydrogen-bond acceptors (Lipinski definition) is 4. The molecule has 0 aliphatic rings. The molecule has 72 heavy (non-hydrogen) atoms. The molecule has 9 aromatic carbocycles. The first-order valence-electron chi connectivity index (χ1n) is 23.6. The number of halogens is 3. The number of aromatic nitrogens is 6. The standard InChI is InChI=1S/C63H39F3N6/c64-63(65,66)44-35-50(55-39-54(42-23-9-3-10-24-42)67-61(70-55)43-25-11-4-12-26-43)60(51(36-44)62-68-52(40-19-5-1-6-20-40)38-53(69-62)41-21-7-2-8-22-41)72-58-32-18-15-29-48(58)49-34-33-45(37-59(49)72)71-56-30-16-13-27-46(56)47-28-14-17-31-57(47)71/h1-39H. The van der Waals surface area contributed by atoms with Gasteiger partial charge in [-0.2, -0.15) is 13.2 Å². The van der Waals surface area contributed by atoms with Gasteiger partial charge in [-0.05, 0) is 54.6 Å². The maximum atomic E-state index is 15.9. The van der Waals surface area contributed by atoms with Gasteiger partial charge in [-0.1, -0.05) is 182 Å². The van der Waals surface area contributed by atoms with Gasteiger partial charge in [0.2, 0.25) is 0 Å². The van der Waals surface area contributed by atoms with Crippen molar-refractivity contribution in [3.05, 3.63) is 242 Å². The van der Waals surface area contributed by atoms with E-state index in [1.807, 2.05) is 170 Å². The molecule has 13 aromatic rings. The van der Waals surface area contributed by atoms with Crippen molar-refractivity contribution >= 4 is 43.6 Å². The van der Waals surface area contributed by atoms with Gasteiger partial charge in [-0.25, -0.2) is 19.9 Å². The highest BCUT2D eigenvalue weighted by molar-refractivity contribution is 6.13. The summed E-state index contributed by atoms with van der Waals surface area (Å²) in [4.78, 5) is 20.7. The zero-order valence-electron chi connectivity index (χ0n) is 38.3. The number of benzene rings is 9. The predicted octanol–water partition coefficient (Wildman–Crippen LogP) is 16.5. The quantitative estimate of drug-likeness (QED) is 0.152. The fourth-order valence-corrected chi connectivity index (χ4v) is 10.1. The molecule has 0 N–H and O–H groups in total. The van der Waals surface area contributed by atoms with Crippen molar-refractivity contribution in [2.45, 2.75) is 6.18 Å². The molecular formula is C63H39F3N6. The Bertz CT molecular complexity index is 3870. The fourth-order valence-electron chi connectivity index (χ4n) is 10.1. The minimum absolute atomic E-state index is 0.114. The van der Waals surface area contributed by atoms with Crippen molar-refractivity contribution in [2.24, 2.45) is 0 Å². The molecule has 0 bridgehead atoms. The molecule has 0 unspecified atom stereocenters. The van der Waals surface area contributed by atoms with Gasteiger partial charge in [0.25, 0.3) is 0 Å². The van der Waals surface area contributed by atoms with Gasteiger partial charge in [0, 0.05) is 60.6 Å². The van der Waals surface area contributed by atoms with Crippen LogP contribution in [0.4, 0.5) is 13.2 Å². The summed E-state index contributed by atoms with van der Waals surface area (Å²) in [5, 5.41) is 4.05. The van der Waals surface area contributed by atoms with Crippen molar-refractivity contribution in [3.63, 3.8) is 0 Å². The molecule has 0 saturated heterocycles. The van der Waals surface area contributed by atoms with Gasteiger partial charge in [0.05, 0.1) is 56.1 Å². The summed E-state index contributed by atoms with van der Waals surface area (Å²) in [6.07, 6.45) is -4.79. The van der Waals surface area contributed by atoms with Gasteiger partial charge in [0.15, 0.2) is 11.6 Å². The number of hydrogen-bond donors (Lipinski definition) is 0. The molecule has 342 valence electrons. The summed E-state index contributed by atoms with van der Waals surface area (Å²) in [6.45, 7) is 0. The zero-order valence-corrected chi connectivity index (χ0v) is 38.3. The lowest BCUT2D eigenvalue weighted by Crippen LogP contribution is -2.11. The lowest BCUT2D eigenvalue weighted by atomic mass is 9.96. The summed E-state index contributed by atoms with van der Waals surface area (Å²) >= 11 is 0. The molecule has 0 fully saturated rings. The summed E-state index contributed by atoms with van der Waals surface area (Å²) < 4.78 is 52.1. The van der Waals surface area contributed by atoms with Crippen LogP contribution in [0.1, 0.15) is 5.56 Å². The van der Waals surface area contributed by atoms with E-state index in [2.05, 4.69) is 57.7 Å². The van der Waals surface area contributed by atoms with Crippen LogP contribution >= 0.6 is 0 Å². The molecule has 9 heteroatoms. The lowest BCUT2D eigenvalue weighted by molar-refractivity contribution is -0.137. The maximum absolute atomic E-state index is 15.9. The van der Waals surface area contributed by atoms with Crippen molar-refractivity contribution in [3.8, 4) is 79.2 Å². The summed E-state index contributed by atoms with van der Waals surface area (Å²) in [7, 11) is 0. The minimum Gasteiger partial charge on any atom is -0.309 e. The average Bonchev–Trinajstić information content (AvgIpc) is 3.95. The van der Waals surface area contributed by atoms with E-state index < -0.39 is 11.7 Å². The van der Waals surface area contributed by atoms with Gasteiger partial charge >= 0.3 is 6.18 Å². The molecule has 4 aromatic heterocycles. The van der Waals surface area contributed by atoms with Gasteiger partial charge in [-0.15, -0.1) is 0 Å². The molecule has 0 saturated carbocycles. The van der Waals surface area contributed by atoms with Crippen molar-refractivity contribution in [1.29, 1.82) is 0 Å². The summed E-state index contributed by atoms with van der Waals surface area (Å²) in [5.74, 6) is 0.476. The Balaban J connectivity index is 1.20. The Morgan fingerprint density at radius 2 is 0.694 bits per heavy atom. The molecule has 4 heterocycles. The van der Waals surface area contributed by atoms with Crippen LogP contribution in [0.3, 0.4) is 0 Å². The first-order valence-corrected chi connectivity index (χ1v) is 23.6. The van der Waals surface area contributed by atoms with Crippen molar-refractivity contribution in [2.75, 3.05) is 0 Å². The van der Waals surface area contributed by atoms with E-state index in [4.69, 9.17) is 19.9 Å². The van der Waals surface area contributed by atoms with Crippen molar-refractivity contribution < 1.29 is 13.2 Å². The van der Waals surface area contributed by atoms with Crippen LogP contribution in [0, 0.1) is 0 Å². The second-order valence-corrected chi connectivity index (χ2v) is 17.7. The highest BCUT2D eigenvalue weighted by atomic mass is 19.4. The highest BCUT2D eigenvalue weighted by Gasteiger charge is 2.35. The monoisotopic (exact) mass is 936 g/mol. The van der Waals surface area contributed by atoms with E-state index in [0.29, 0.717) is 34.2 Å². The molecule has 0 atom stereocenters. The van der Waals surface area contributed by atoms with Crippen LogP contribution in [-0.2, 0) is 6.18 Å². The van der Waals surface area contributed by atoms with Crippen LogP contribution < -0.4 is 0 Å². The van der Waals surface area contributed by atoms with Gasteiger partial charge < -0.3 is 9.13 Å². The third-order valence-corrected chi connectivity index (χ3v) is 13.4. The largest absolute Gasteiger partial charge is 0.416 e. The van der Waals surface area contributed by atoms with E-state index >= 15 is 13.2 Å². The fraction of sp³-hybridized carbons (Fsp3) is 0.0159. The minimum atomic E-state index is -4.79. The number of rotatable bonds is 8. The first kappa shape index (κ1) is 42.6. The normalized spacial score (nSPS) is 11.8. The van der Waals surface area contributed by atoms with Crippen LogP contribution in [0.5, 0.6) is 0 Å². The third kappa shape index (κ3) is 7.38. The Kier molecular flexibility index (Phi) is 10.2. The second kappa shape index (κ2) is 17.2. The Morgan fingerprint density at radius 1 is 0.306 bits per heavy atom. The maximum Gasteiger partial charge on any atom is 0.416 e. The lowest BCUT2D eigenvalue weighted by Gasteiger charge is -2.22. The Morgan fingerprint density at radius 3 is 1.19 bits per heavy atom. The molecule has 13 rings (SSSR count). The van der Waals surface area contributed by atoms with Crippen molar-refractivity contribution in [1.82, 2.24) is 29.1 Å². The molecule has 0 aliphatic carbocycles. The first-order chi connectivity index (χ1) is 35.3. The summed E-state index contributed by atoms with van der Waals surface area (Å²) in [6, 6.07) is 75.6. The number of fused-ring (bicyclic) bond motifs is 6. The number of alkyl halides is 3.